The van der Waals surface area contributed by atoms with Crippen molar-refractivity contribution in [3.05, 3.63) is 16.1 Å². The number of rotatable bonds is 8. The summed E-state index contributed by atoms with van der Waals surface area (Å²) in [6.07, 6.45) is -0.286. The lowest BCUT2D eigenvalue weighted by molar-refractivity contribution is 0.0423. The molecule has 0 aromatic carbocycles. The van der Waals surface area contributed by atoms with Crippen LogP contribution < -0.4 is 5.32 Å². The lowest BCUT2D eigenvalue weighted by Gasteiger charge is -2.27. The summed E-state index contributed by atoms with van der Waals surface area (Å²) in [5, 5.41) is 5.23. The van der Waals surface area contributed by atoms with Gasteiger partial charge in [-0.3, -0.25) is 0 Å². The zero-order valence-electron chi connectivity index (χ0n) is 16.6. The number of thiazole rings is 1. The van der Waals surface area contributed by atoms with E-state index < -0.39 is 17.7 Å². The van der Waals surface area contributed by atoms with Gasteiger partial charge in [0.2, 0.25) is 0 Å². The Bertz CT molecular complexity index is 595. The molecule has 1 rings (SSSR count). The first-order chi connectivity index (χ1) is 12.1. The van der Waals surface area contributed by atoms with E-state index >= 15 is 0 Å². The molecule has 2 atom stereocenters. The van der Waals surface area contributed by atoms with Gasteiger partial charge in [-0.1, -0.05) is 13.8 Å². The van der Waals surface area contributed by atoms with Crippen LogP contribution in [0.5, 0.6) is 0 Å². The number of carbonyl (C=O) groups is 2. The van der Waals surface area contributed by atoms with Crippen molar-refractivity contribution in [1.29, 1.82) is 0 Å². The predicted octanol–water partition coefficient (Wildman–Crippen LogP) is 3.95. The minimum absolute atomic E-state index is 0.162. The van der Waals surface area contributed by atoms with Gasteiger partial charge in [0.05, 0.1) is 6.61 Å². The first-order valence-electron chi connectivity index (χ1n) is 8.72. The maximum Gasteiger partial charge on any atom is 0.407 e. The number of hydrogen-bond acceptors (Lipinski definition) is 7. The summed E-state index contributed by atoms with van der Waals surface area (Å²) < 4.78 is 15.9. The molecule has 0 aliphatic carbocycles. The van der Waals surface area contributed by atoms with Crippen molar-refractivity contribution in [2.45, 2.75) is 65.7 Å². The first kappa shape index (κ1) is 22.4. The van der Waals surface area contributed by atoms with E-state index in [4.69, 9.17) is 14.2 Å². The Morgan fingerprint density at radius 2 is 1.96 bits per heavy atom. The predicted molar refractivity (Wildman–Crippen MR) is 100 cm³/mol. The SMILES string of the molecule is CCOC(=O)c1csc([C@@H](C[C@@H](NC(=O)OC(C)(C)C)C(C)C)OC)n1. The largest absolute Gasteiger partial charge is 0.461 e. The molecule has 1 aromatic heterocycles. The summed E-state index contributed by atoms with van der Waals surface area (Å²) in [5.41, 5.74) is -0.286. The number of aromatic nitrogens is 1. The number of amides is 1. The quantitative estimate of drug-likeness (QED) is 0.681. The molecule has 148 valence electrons. The summed E-state index contributed by atoms with van der Waals surface area (Å²) in [5.74, 6) is -0.276. The Morgan fingerprint density at radius 3 is 2.46 bits per heavy atom. The fourth-order valence-electron chi connectivity index (χ4n) is 2.22. The highest BCUT2D eigenvalue weighted by Crippen LogP contribution is 2.28. The van der Waals surface area contributed by atoms with E-state index in [1.54, 1.807) is 19.4 Å². The van der Waals surface area contributed by atoms with Crippen LogP contribution in [0.25, 0.3) is 0 Å². The monoisotopic (exact) mass is 386 g/mol. The van der Waals surface area contributed by atoms with E-state index in [1.807, 2.05) is 34.6 Å². The molecule has 0 radical (unpaired) electrons. The second-order valence-electron chi connectivity index (χ2n) is 7.25. The van der Waals surface area contributed by atoms with Gasteiger partial charge >= 0.3 is 12.1 Å². The Morgan fingerprint density at radius 1 is 1.31 bits per heavy atom. The van der Waals surface area contributed by atoms with Crippen LogP contribution in [0.1, 0.15) is 69.6 Å². The Balaban J connectivity index is 2.81. The van der Waals surface area contributed by atoms with Gasteiger partial charge in [0, 0.05) is 25.0 Å². The molecular formula is C18H30N2O5S. The fraction of sp³-hybridized carbons (Fsp3) is 0.722. The van der Waals surface area contributed by atoms with E-state index in [1.165, 1.54) is 11.3 Å². The summed E-state index contributed by atoms with van der Waals surface area (Å²) in [4.78, 5) is 28.2. The fourth-order valence-corrected chi connectivity index (χ4v) is 3.10. The third kappa shape index (κ3) is 7.29. The number of methoxy groups -OCH3 is 1. The zero-order valence-corrected chi connectivity index (χ0v) is 17.4. The molecule has 8 heteroatoms. The summed E-state index contributed by atoms with van der Waals surface area (Å²) in [7, 11) is 1.58. The average molecular weight is 387 g/mol. The number of nitrogens with zero attached hydrogens (tertiary/aromatic N) is 1. The number of esters is 1. The van der Waals surface area contributed by atoms with Gasteiger partial charge in [0.25, 0.3) is 0 Å². The molecule has 0 aliphatic heterocycles. The smallest absolute Gasteiger partial charge is 0.407 e. The van der Waals surface area contributed by atoms with Gasteiger partial charge in [-0.05, 0) is 33.6 Å². The second kappa shape index (κ2) is 9.87. The molecule has 0 bridgehead atoms. The Labute approximate surface area is 159 Å². The third-order valence-electron chi connectivity index (χ3n) is 3.54. The molecule has 0 aliphatic rings. The molecule has 1 N–H and O–H groups in total. The Hall–Kier alpha value is -1.67. The molecule has 26 heavy (non-hydrogen) atoms. The molecule has 0 spiro atoms. The van der Waals surface area contributed by atoms with Gasteiger partial charge in [-0.2, -0.15) is 0 Å². The average Bonchev–Trinajstić information content (AvgIpc) is 2.99. The van der Waals surface area contributed by atoms with Crippen molar-refractivity contribution in [3.8, 4) is 0 Å². The summed E-state index contributed by atoms with van der Waals surface area (Å²) >= 11 is 1.34. The minimum Gasteiger partial charge on any atom is -0.461 e. The molecule has 0 saturated heterocycles. The molecule has 0 unspecified atom stereocenters. The van der Waals surface area contributed by atoms with Gasteiger partial charge in [0.15, 0.2) is 5.69 Å². The maximum absolute atomic E-state index is 12.1. The molecule has 0 saturated carbocycles. The van der Waals surface area contributed by atoms with Crippen LogP contribution >= 0.6 is 11.3 Å². The summed E-state index contributed by atoms with van der Waals surface area (Å²) in [6, 6.07) is -0.162. The molecule has 7 nitrogen and oxygen atoms in total. The first-order valence-corrected chi connectivity index (χ1v) is 9.60. The van der Waals surface area contributed by atoms with Gasteiger partial charge < -0.3 is 19.5 Å². The van der Waals surface area contributed by atoms with Gasteiger partial charge in [-0.25, -0.2) is 14.6 Å². The molecular weight excluding hydrogens is 356 g/mol. The Kier molecular flexibility index (Phi) is 8.49. The van der Waals surface area contributed by atoms with Crippen LogP contribution in [0.3, 0.4) is 0 Å². The van der Waals surface area contributed by atoms with Crippen molar-refractivity contribution in [3.63, 3.8) is 0 Å². The lowest BCUT2D eigenvalue weighted by atomic mass is 9.98. The summed E-state index contributed by atoms with van der Waals surface area (Å²) in [6.45, 7) is 11.5. The van der Waals surface area contributed by atoms with Crippen LogP contribution in [0, 0.1) is 5.92 Å². The van der Waals surface area contributed by atoms with Gasteiger partial charge in [0.1, 0.15) is 16.7 Å². The molecule has 1 aromatic rings. The van der Waals surface area contributed by atoms with Gasteiger partial charge in [-0.15, -0.1) is 11.3 Å². The maximum atomic E-state index is 12.1. The van der Waals surface area contributed by atoms with E-state index in [2.05, 4.69) is 10.3 Å². The minimum atomic E-state index is -0.559. The van der Waals surface area contributed by atoms with Crippen molar-refractivity contribution >= 4 is 23.4 Å². The van der Waals surface area contributed by atoms with Crippen LogP contribution in [0.4, 0.5) is 4.79 Å². The molecule has 1 heterocycles. The van der Waals surface area contributed by atoms with E-state index in [9.17, 15) is 9.59 Å². The number of alkyl carbamates (subject to hydrolysis) is 1. The van der Waals surface area contributed by atoms with Crippen molar-refractivity contribution < 1.29 is 23.8 Å². The van der Waals surface area contributed by atoms with E-state index in [0.717, 1.165) is 0 Å². The van der Waals surface area contributed by atoms with Crippen LogP contribution in [-0.4, -0.2) is 42.4 Å². The molecule has 0 fully saturated rings. The molecule has 1 amide bonds. The third-order valence-corrected chi connectivity index (χ3v) is 4.48. The zero-order chi connectivity index (χ0) is 19.9. The van der Waals surface area contributed by atoms with Crippen molar-refractivity contribution in [2.24, 2.45) is 5.92 Å². The van der Waals surface area contributed by atoms with Crippen molar-refractivity contribution in [2.75, 3.05) is 13.7 Å². The number of carbonyl (C=O) groups excluding carboxylic acids is 2. The standard InChI is InChI=1S/C18H30N2O5S/c1-8-24-16(21)13-10-26-15(19-13)14(23-7)9-12(11(2)3)20-17(22)25-18(4,5)6/h10-12,14H,8-9H2,1-7H3,(H,20,22)/t12-,14-/m1/s1. The highest BCUT2D eigenvalue weighted by Gasteiger charge is 2.27. The number of nitrogens with one attached hydrogen (secondary N) is 1. The number of hydrogen-bond donors (Lipinski definition) is 1. The second-order valence-corrected chi connectivity index (χ2v) is 8.14. The topological polar surface area (TPSA) is 86.8 Å². The van der Waals surface area contributed by atoms with E-state index in [0.29, 0.717) is 18.0 Å². The van der Waals surface area contributed by atoms with E-state index in [-0.39, 0.29) is 23.8 Å². The lowest BCUT2D eigenvalue weighted by Crippen LogP contribution is -2.42. The van der Waals surface area contributed by atoms with Crippen LogP contribution in [0.2, 0.25) is 0 Å². The van der Waals surface area contributed by atoms with Crippen LogP contribution in [0.15, 0.2) is 5.38 Å². The normalized spacial score (nSPS) is 14.0. The van der Waals surface area contributed by atoms with Crippen LogP contribution in [-0.2, 0) is 14.2 Å². The van der Waals surface area contributed by atoms with Crippen molar-refractivity contribution in [1.82, 2.24) is 10.3 Å². The highest BCUT2D eigenvalue weighted by atomic mass is 32.1. The number of ether oxygens (including phenoxy) is 3. The highest BCUT2D eigenvalue weighted by molar-refractivity contribution is 7.09.